The van der Waals surface area contributed by atoms with Crippen molar-refractivity contribution in [3.63, 3.8) is 0 Å². The summed E-state index contributed by atoms with van der Waals surface area (Å²) < 4.78 is 13.2. The van der Waals surface area contributed by atoms with Gasteiger partial charge >= 0.3 is 0 Å². The van der Waals surface area contributed by atoms with E-state index in [1.807, 2.05) is 25.1 Å². The van der Waals surface area contributed by atoms with Crippen molar-refractivity contribution in [2.24, 2.45) is 0 Å². The topological polar surface area (TPSA) is 57.8 Å². The average Bonchev–Trinajstić information content (AvgIpc) is 2.94. The molecule has 1 aromatic heterocycles. The van der Waals surface area contributed by atoms with Gasteiger partial charge in [-0.3, -0.25) is 4.79 Å². The summed E-state index contributed by atoms with van der Waals surface area (Å²) in [5.74, 6) is 0.0379. The number of aryl methyl sites for hydroxylation is 1. The van der Waals surface area contributed by atoms with Crippen LogP contribution in [0.2, 0.25) is 0 Å². The van der Waals surface area contributed by atoms with Gasteiger partial charge in [0.15, 0.2) is 0 Å². The van der Waals surface area contributed by atoms with E-state index < -0.39 is 5.82 Å². The van der Waals surface area contributed by atoms with Gasteiger partial charge in [-0.2, -0.15) is 0 Å². The van der Waals surface area contributed by atoms with E-state index in [2.05, 4.69) is 15.3 Å². The molecule has 0 aliphatic carbocycles. The molecule has 0 aliphatic rings. The fourth-order valence-electron chi connectivity index (χ4n) is 2.16. The van der Waals surface area contributed by atoms with Gasteiger partial charge in [-0.05, 0) is 37.3 Å². The van der Waals surface area contributed by atoms with Crippen molar-refractivity contribution >= 4 is 11.6 Å². The molecule has 5 heteroatoms. The molecule has 1 heterocycles. The SMILES string of the molecule is Cc1ncc(-c2cccc(NC(=O)c3cccc(F)c3)c2)[nH]1. The van der Waals surface area contributed by atoms with Crippen LogP contribution in [-0.2, 0) is 0 Å². The number of halogens is 1. The number of nitrogens with one attached hydrogen (secondary N) is 2. The number of amides is 1. The van der Waals surface area contributed by atoms with Crippen molar-refractivity contribution in [1.82, 2.24) is 9.97 Å². The summed E-state index contributed by atoms with van der Waals surface area (Å²) in [6, 6.07) is 13.0. The largest absolute Gasteiger partial charge is 0.342 e. The molecular weight excluding hydrogens is 281 g/mol. The molecule has 110 valence electrons. The molecular formula is C17H14FN3O. The lowest BCUT2D eigenvalue weighted by Crippen LogP contribution is -2.12. The Morgan fingerprint density at radius 2 is 2.00 bits per heavy atom. The Balaban J connectivity index is 1.82. The molecule has 0 spiro atoms. The van der Waals surface area contributed by atoms with Crippen LogP contribution < -0.4 is 5.32 Å². The van der Waals surface area contributed by atoms with Gasteiger partial charge < -0.3 is 10.3 Å². The van der Waals surface area contributed by atoms with Crippen molar-refractivity contribution < 1.29 is 9.18 Å². The first-order valence-electron chi connectivity index (χ1n) is 6.81. The lowest BCUT2D eigenvalue weighted by molar-refractivity contribution is 0.102. The normalized spacial score (nSPS) is 10.5. The molecule has 0 aliphatic heterocycles. The molecule has 0 saturated heterocycles. The maximum Gasteiger partial charge on any atom is 0.255 e. The lowest BCUT2D eigenvalue weighted by atomic mass is 10.1. The predicted octanol–water partition coefficient (Wildman–Crippen LogP) is 3.78. The smallest absolute Gasteiger partial charge is 0.255 e. The highest BCUT2D eigenvalue weighted by molar-refractivity contribution is 6.04. The molecule has 3 aromatic rings. The van der Waals surface area contributed by atoms with Gasteiger partial charge in [0, 0.05) is 16.8 Å². The summed E-state index contributed by atoms with van der Waals surface area (Å²) in [6.45, 7) is 1.87. The van der Waals surface area contributed by atoms with Gasteiger partial charge in [0.2, 0.25) is 0 Å². The average molecular weight is 295 g/mol. The fourth-order valence-corrected chi connectivity index (χ4v) is 2.16. The Morgan fingerprint density at radius 1 is 1.18 bits per heavy atom. The third-order valence-electron chi connectivity index (χ3n) is 3.22. The highest BCUT2D eigenvalue weighted by Gasteiger charge is 2.08. The van der Waals surface area contributed by atoms with Crippen molar-refractivity contribution in [3.05, 3.63) is 71.9 Å². The summed E-state index contributed by atoms with van der Waals surface area (Å²) >= 11 is 0. The number of carbonyl (C=O) groups excluding carboxylic acids is 1. The van der Waals surface area contributed by atoms with Crippen molar-refractivity contribution in [1.29, 1.82) is 0 Å². The van der Waals surface area contributed by atoms with E-state index in [1.54, 1.807) is 18.3 Å². The van der Waals surface area contributed by atoms with Crippen LogP contribution in [0.5, 0.6) is 0 Å². The van der Waals surface area contributed by atoms with E-state index in [1.165, 1.54) is 18.2 Å². The minimum atomic E-state index is -0.436. The second kappa shape index (κ2) is 5.81. The van der Waals surface area contributed by atoms with E-state index in [4.69, 9.17) is 0 Å². The van der Waals surface area contributed by atoms with E-state index in [0.717, 1.165) is 17.1 Å². The zero-order chi connectivity index (χ0) is 15.5. The van der Waals surface area contributed by atoms with Gasteiger partial charge in [-0.15, -0.1) is 0 Å². The Hall–Kier alpha value is -2.95. The first kappa shape index (κ1) is 14.0. The summed E-state index contributed by atoms with van der Waals surface area (Å²) in [4.78, 5) is 19.4. The predicted molar refractivity (Wildman–Crippen MR) is 83.1 cm³/mol. The van der Waals surface area contributed by atoms with E-state index in [0.29, 0.717) is 5.69 Å². The van der Waals surface area contributed by atoms with E-state index >= 15 is 0 Å². The number of aromatic amines is 1. The fraction of sp³-hybridized carbons (Fsp3) is 0.0588. The van der Waals surface area contributed by atoms with Crippen LogP contribution in [0.15, 0.2) is 54.7 Å². The maximum atomic E-state index is 13.2. The molecule has 0 radical (unpaired) electrons. The first-order valence-corrected chi connectivity index (χ1v) is 6.81. The number of carbonyl (C=O) groups is 1. The zero-order valence-electron chi connectivity index (χ0n) is 11.9. The van der Waals surface area contributed by atoms with Crippen LogP contribution in [0.3, 0.4) is 0 Å². The summed E-state index contributed by atoms with van der Waals surface area (Å²) in [7, 11) is 0. The van der Waals surface area contributed by atoms with E-state index in [-0.39, 0.29) is 11.5 Å². The third kappa shape index (κ3) is 3.03. The molecule has 0 atom stereocenters. The minimum Gasteiger partial charge on any atom is -0.342 e. The second-order valence-corrected chi connectivity index (χ2v) is 4.93. The molecule has 1 amide bonds. The Morgan fingerprint density at radius 3 is 2.73 bits per heavy atom. The standard InChI is InChI=1S/C17H14FN3O/c1-11-19-10-16(20-11)12-4-3-7-15(9-12)21-17(22)13-5-2-6-14(18)8-13/h2-10H,1H3,(H,19,20)(H,21,22). The number of hydrogen-bond donors (Lipinski definition) is 2. The maximum absolute atomic E-state index is 13.2. The van der Waals surface area contributed by atoms with Gasteiger partial charge in [0.25, 0.3) is 5.91 Å². The number of H-pyrrole nitrogens is 1. The Bertz CT molecular complexity index is 826. The van der Waals surface area contributed by atoms with Crippen molar-refractivity contribution in [3.8, 4) is 11.3 Å². The monoisotopic (exact) mass is 295 g/mol. The third-order valence-corrected chi connectivity index (χ3v) is 3.22. The van der Waals surface area contributed by atoms with Crippen LogP contribution in [0.1, 0.15) is 16.2 Å². The lowest BCUT2D eigenvalue weighted by Gasteiger charge is -2.07. The van der Waals surface area contributed by atoms with Gasteiger partial charge in [0.1, 0.15) is 11.6 Å². The number of hydrogen-bond acceptors (Lipinski definition) is 2. The quantitative estimate of drug-likeness (QED) is 0.772. The summed E-state index contributed by atoms with van der Waals surface area (Å²) in [5, 5.41) is 2.76. The number of aromatic nitrogens is 2. The Labute approximate surface area is 127 Å². The van der Waals surface area contributed by atoms with Gasteiger partial charge in [-0.25, -0.2) is 9.37 Å². The molecule has 0 bridgehead atoms. The van der Waals surface area contributed by atoms with Crippen molar-refractivity contribution in [2.45, 2.75) is 6.92 Å². The number of rotatable bonds is 3. The van der Waals surface area contributed by atoms with Crippen LogP contribution in [-0.4, -0.2) is 15.9 Å². The number of nitrogens with zero attached hydrogens (tertiary/aromatic N) is 1. The zero-order valence-corrected chi connectivity index (χ0v) is 11.9. The highest BCUT2D eigenvalue weighted by atomic mass is 19.1. The minimum absolute atomic E-state index is 0.280. The highest BCUT2D eigenvalue weighted by Crippen LogP contribution is 2.21. The van der Waals surface area contributed by atoms with Crippen LogP contribution in [0.25, 0.3) is 11.3 Å². The van der Waals surface area contributed by atoms with Gasteiger partial charge in [-0.1, -0.05) is 18.2 Å². The van der Waals surface area contributed by atoms with Crippen LogP contribution >= 0.6 is 0 Å². The number of anilines is 1. The molecule has 0 unspecified atom stereocenters. The number of benzene rings is 2. The Kier molecular flexibility index (Phi) is 3.70. The van der Waals surface area contributed by atoms with E-state index in [9.17, 15) is 9.18 Å². The molecule has 0 saturated carbocycles. The van der Waals surface area contributed by atoms with Crippen LogP contribution in [0.4, 0.5) is 10.1 Å². The summed E-state index contributed by atoms with van der Waals surface area (Å²) in [5.41, 5.74) is 2.71. The second-order valence-electron chi connectivity index (χ2n) is 4.93. The molecule has 22 heavy (non-hydrogen) atoms. The van der Waals surface area contributed by atoms with Crippen molar-refractivity contribution in [2.75, 3.05) is 5.32 Å². The molecule has 2 aromatic carbocycles. The summed E-state index contributed by atoms with van der Waals surface area (Å²) in [6.07, 6.45) is 1.74. The molecule has 4 nitrogen and oxygen atoms in total. The van der Waals surface area contributed by atoms with Gasteiger partial charge in [0.05, 0.1) is 11.9 Å². The molecule has 0 fully saturated rings. The molecule has 2 N–H and O–H groups in total. The first-order chi connectivity index (χ1) is 10.6. The van der Waals surface area contributed by atoms with Crippen LogP contribution in [0, 0.1) is 12.7 Å². The number of imidazole rings is 1. The molecule has 3 rings (SSSR count).